The minimum atomic E-state index is 0.562. The van der Waals surface area contributed by atoms with Gasteiger partial charge in [0.15, 0.2) is 5.69 Å². The number of nitriles is 1. The standard InChI is InChI=1S/C59H40N4/c1-37-16-21-41(22-17-37)43-25-29-55-49(33-43)47-10-5-7-13-53(47)62(55)57-31-27-45(46-28-20-40(36-60)32-39(46)3)35-51(57)59-52(61-4)12-9-15-58(59)63-54-14-8-6-11-48(54)50-34-44(26-30-56(50)63)42-23-18-38(2)19-24-42/h5-35H,1-3H3. The van der Waals surface area contributed by atoms with Crippen molar-refractivity contribution < 1.29 is 0 Å². The Bertz CT molecular complexity index is 3720. The fourth-order valence-electron chi connectivity index (χ4n) is 9.56. The first-order chi connectivity index (χ1) is 30.9. The summed E-state index contributed by atoms with van der Waals surface area (Å²) in [6, 6.07) is 69.1. The van der Waals surface area contributed by atoms with Crippen LogP contribution in [0.3, 0.4) is 0 Å². The van der Waals surface area contributed by atoms with Crippen LogP contribution in [0.5, 0.6) is 0 Å². The Hall–Kier alpha value is -8.44. The zero-order valence-electron chi connectivity index (χ0n) is 35.2. The van der Waals surface area contributed by atoms with Gasteiger partial charge < -0.3 is 9.13 Å². The summed E-state index contributed by atoms with van der Waals surface area (Å²) in [6.07, 6.45) is 0. The predicted molar refractivity (Wildman–Crippen MR) is 262 cm³/mol. The molecule has 0 bridgehead atoms. The second-order valence-corrected chi connectivity index (χ2v) is 16.6. The van der Waals surface area contributed by atoms with Crippen LogP contribution in [0.4, 0.5) is 5.69 Å². The molecule has 0 amide bonds. The highest BCUT2D eigenvalue weighted by Gasteiger charge is 2.24. The molecular weight excluding hydrogens is 765 g/mol. The Morgan fingerprint density at radius 1 is 0.429 bits per heavy atom. The molecule has 0 spiro atoms. The van der Waals surface area contributed by atoms with E-state index in [1.54, 1.807) is 0 Å². The first-order valence-corrected chi connectivity index (χ1v) is 21.3. The SMILES string of the molecule is [C-]#[N+]c1cccc(-n2c3ccccc3c3cc(-c4ccc(C)cc4)ccc32)c1-c1cc(-c2ccc(C#N)cc2C)ccc1-n1c2ccccc2c2cc(-c3ccc(C)cc3)ccc21. The van der Waals surface area contributed by atoms with Gasteiger partial charge in [-0.25, -0.2) is 4.85 Å². The molecule has 11 aromatic rings. The van der Waals surface area contributed by atoms with E-state index in [4.69, 9.17) is 6.57 Å². The molecule has 63 heavy (non-hydrogen) atoms. The number of fused-ring (bicyclic) bond motifs is 6. The molecule has 0 unspecified atom stereocenters. The van der Waals surface area contributed by atoms with E-state index in [1.807, 2.05) is 30.3 Å². The molecule has 2 heterocycles. The van der Waals surface area contributed by atoms with Crippen LogP contribution < -0.4 is 0 Å². The molecule has 4 nitrogen and oxygen atoms in total. The van der Waals surface area contributed by atoms with Crippen molar-refractivity contribution in [3.8, 4) is 62.0 Å². The van der Waals surface area contributed by atoms with Gasteiger partial charge in [0.2, 0.25) is 0 Å². The fourth-order valence-corrected chi connectivity index (χ4v) is 9.56. The molecule has 0 N–H and O–H groups in total. The van der Waals surface area contributed by atoms with Crippen molar-refractivity contribution in [2.75, 3.05) is 0 Å². The maximum absolute atomic E-state index is 9.75. The van der Waals surface area contributed by atoms with Crippen LogP contribution in [0.1, 0.15) is 22.3 Å². The van der Waals surface area contributed by atoms with Gasteiger partial charge in [0.25, 0.3) is 0 Å². The molecule has 4 heteroatoms. The second-order valence-electron chi connectivity index (χ2n) is 16.6. The zero-order chi connectivity index (χ0) is 42.8. The summed E-state index contributed by atoms with van der Waals surface area (Å²) >= 11 is 0. The molecule has 0 atom stereocenters. The zero-order valence-corrected chi connectivity index (χ0v) is 35.2. The van der Waals surface area contributed by atoms with Crippen LogP contribution in [-0.2, 0) is 0 Å². The molecule has 9 aromatic carbocycles. The van der Waals surface area contributed by atoms with Gasteiger partial charge in [0, 0.05) is 32.8 Å². The van der Waals surface area contributed by atoms with E-state index in [1.165, 1.54) is 22.3 Å². The summed E-state index contributed by atoms with van der Waals surface area (Å²) in [5.41, 5.74) is 19.4. The van der Waals surface area contributed by atoms with E-state index in [-0.39, 0.29) is 0 Å². The van der Waals surface area contributed by atoms with Crippen molar-refractivity contribution in [1.82, 2.24) is 9.13 Å². The third-order valence-corrected chi connectivity index (χ3v) is 12.7. The summed E-state index contributed by atoms with van der Waals surface area (Å²) in [4.78, 5) is 4.27. The summed E-state index contributed by atoms with van der Waals surface area (Å²) in [6.45, 7) is 15.0. The summed E-state index contributed by atoms with van der Waals surface area (Å²) in [5.74, 6) is 0. The van der Waals surface area contributed by atoms with Crippen molar-refractivity contribution >= 4 is 49.3 Å². The van der Waals surface area contributed by atoms with Crippen molar-refractivity contribution in [2.24, 2.45) is 0 Å². The smallest absolute Gasteiger partial charge is 0.197 e. The second kappa shape index (κ2) is 14.9. The van der Waals surface area contributed by atoms with Crippen molar-refractivity contribution in [2.45, 2.75) is 20.8 Å². The largest absolute Gasteiger partial charge is 0.310 e. The Labute approximate surface area is 366 Å². The Morgan fingerprint density at radius 2 is 0.952 bits per heavy atom. The maximum Gasteiger partial charge on any atom is 0.197 e. The highest BCUT2D eigenvalue weighted by molar-refractivity contribution is 6.13. The van der Waals surface area contributed by atoms with Crippen LogP contribution in [-0.4, -0.2) is 9.13 Å². The van der Waals surface area contributed by atoms with E-state index < -0.39 is 0 Å². The number of para-hydroxylation sites is 2. The average molecular weight is 805 g/mol. The van der Waals surface area contributed by atoms with E-state index in [0.717, 1.165) is 93.9 Å². The summed E-state index contributed by atoms with van der Waals surface area (Å²) in [7, 11) is 0. The number of hydrogen-bond acceptors (Lipinski definition) is 1. The molecule has 11 rings (SSSR count). The number of benzene rings is 9. The minimum Gasteiger partial charge on any atom is -0.310 e. The van der Waals surface area contributed by atoms with Gasteiger partial charge in [-0.2, -0.15) is 5.26 Å². The van der Waals surface area contributed by atoms with E-state index >= 15 is 0 Å². The monoisotopic (exact) mass is 804 g/mol. The van der Waals surface area contributed by atoms with Crippen LogP contribution in [0.2, 0.25) is 0 Å². The molecule has 0 aliphatic carbocycles. The third-order valence-electron chi connectivity index (χ3n) is 12.7. The minimum absolute atomic E-state index is 0.562. The molecule has 0 radical (unpaired) electrons. The van der Waals surface area contributed by atoms with Gasteiger partial charge in [-0.15, -0.1) is 0 Å². The Balaban J connectivity index is 1.22. The highest BCUT2D eigenvalue weighted by Crippen LogP contribution is 2.46. The quantitative estimate of drug-likeness (QED) is 0.154. The van der Waals surface area contributed by atoms with Gasteiger partial charge in [0.1, 0.15) is 0 Å². The number of aryl methyl sites for hydroxylation is 3. The number of hydrogen-bond donors (Lipinski definition) is 0. The molecule has 0 aliphatic rings. The first kappa shape index (κ1) is 37.6. The van der Waals surface area contributed by atoms with Gasteiger partial charge in [-0.05, 0) is 132 Å². The van der Waals surface area contributed by atoms with Crippen LogP contribution in [0.25, 0.3) is 104 Å². The van der Waals surface area contributed by atoms with Gasteiger partial charge in [-0.3, -0.25) is 0 Å². The molecule has 0 aliphatic heterocycles. The molecule has 0 saturated carbocycles. The maximum atomic E-state index is 9.75. The van der Waals surface area contributed by atoms with Crippen LogP contribution >= 0.6 is 0 Å². The lowest BCUT2D eigenvalue weighted by atomic mass is 9.92. The van der Waals surface area contributed by atoms with E-state index in [0.29, 0.717) is 11.3 Å². The molecule has 2 aromatic heterocycles. The van der Waals surface area contributed by atoms with Crippen molar-refractivity contribution in [1.29, 1.82) is 5.26 Å². The van der Waals surface area contributed by atoms with Crippen molar-refractivity contribution in [3.63, 3.8) is 0 Å². The number of nitrogens with zero attached hydrogens (tertiary/aromatic N) is 4. The normalized spacial score (nSPS) is 11.4. The van der Waals surface area contributed by atoms with Gasteiger partial charge in [-0.1, -0.05) is 132 Å². The molecule has 296 valence electrons. The van der Waals surface area contributed by atoms with E-state index in [9.17, 15) is 5.26 Å². The van der Waals surface area contributed by atoms with Gasteiger partial charge in [0.05, 0.1) is 46.0 Å². The lowest BCUT2D eigenvalue weighted by Crippen LogP contribution is -2.02. The topological polar surface area (TPSA) is 38.0 Å². The first-order valence-electron chi connectivity index (χ1n) is 21.3. The lowest BCUT2D eigenvalue weighted by molar-refractivity contribution is 1.16. The van der Waals surface area contributed by atoms with Gasteiger partial charge >= 0.3 is 0 Å². The highest BCUT2D eigenvalue weighted by atomic mass is 15.0. The van der Waals surface area contributed by atoms with Crippen LogP contribution in [0.15, 0.2) is 188 Å². The summed E-state index contributed by atoms with van der Waals surface area (Å²) < 4.78 is 4.72. The Kier molecular flexibility index (Phi) is 8.90. The lowest BCUT2D eigenvalue weighted by Gasteiger charge is -2.21. The third kappa shape index (κ3) is 6.20. The fraction of sp³-hybridized carbons (Fsp3) is 0.0508. The van der Waals surface area contributed by atoms with Crippen LogP contribution in [0, 0.1) is 38.7 Å². The van der Waals surface area contributed by atoms with Crippen molar-refractivity contribution in [3.05, 3.63) is 222 Å². The number of aromatic nitrogens is 2. The average Bonchev–Trinajstić information content (AvgIpc) is 3.83. The number of rotatable bonds is 6. The van der Waals surface area contributed by atoms with E-state index in [2.05, 4.69) is 199 Å². The summed E-state index contributed by atoms with van der Waals surface area (Å²) in [5, 5.41) is 14.4. The molecule has 0 saturated heterocycles. The Morgan fingerprint density at radius 3 is 1.51 bits per heavy atom. The molecular formula is C59H40N4. The molecule has 0 fully saturated rings. The predicted octanol–water partition coefficient (Wildman–Crippen LogP) is 15.9.